The second-order valence-corrected chi connectivity index (χ2v) is 5.21. The van der Waals surface area contributed by atoms with E-state index in [2.05, 4.69) is 18.5 Å². The molecule has 0 N–H and O–H groups in total. The second-order valence-electron chi connectivity index (χ2n) is 4.55. The van der Waals surface area contributed by atoms with Crippen LogP contribution in [-0.4, -0.2) is 23.5 Å². The maximum Gasteiger partial charge on any atom is 0.0671 e. The predicted molar refractivity (Wildman–Crippen MR) is 76.4 cm³/mol. The Morgan fingerprint density at radius 2 is 2.00 bits per heavy atom. The Morgan fingerprint density at radius 1 is 1.28 bits per heavy atom. The summed E-state index contributed by atoms with van der Waals surface area (Å²) in [6.07, 6.45) is 4.11. The summed E-state index contributed by atoms with van der Waals surface area (Å²) in [6.45, 7) is 8.13. The molecule has 1 aromatic heterocycles. The molecule has 0 aromatic carbocycles. The maximum atomic E-state index is 6.29. The van der Waals surface area contributed by atoms with Crippen molar-refractivity contribution >= 4 is 11.6 Å². The van der Waals surface area contributed by atoms with Gasteiger partial charge >= 0.3 is 0 Å². The number of hydrogen-bond donors (Lipinski definition) is 0. The fourth-order valence-corrected chi connectivity index (χ4v) is 2.60. The van der Waals surface area contributed by atoms with Gasteiger partial charge < -0.3 is 4.74 Å². The highest BCUT2D eigenvalue weighted by Gasteiger charge is 2.18. The molecule has 0 bridgehead atoms. The Hall–Kier alpha value is -0.540. The van der Waals surface area contributed by atoms with E-state index in [1.54, 1.807) is 7.11 Å². The Morgan fingerprint density at radius 3 is 2.50 bits per heavy atom. The monoisotopic (exact) mass is 272 g/mol. The highest BCUT2D eigenvalue weighted by Crippen LogP contribution is 2.28. The molecule has 104 valence electrons. The molecule has 3 nitrogen and oxygen atoms in total. The summed E-state index contributed by atoms with van der Waals surface area (Å²) in [5, 5.41) is 4.75. The van der Waals surface area contributed by atoms with Gasteiger partial charge in [0.2, 0.25) is 0 Å². The molecule has 0 amide bonds. The first-order valence-electron chi connectivity index (χ1n) is 6.87. The molecule has 1 aromatic rings. The summed E-state index contributed by atoms with van der Waals surface area (Å²) in [5.74, 6) is 0. The predicted octanol–water partition coefficient (Wildman–Crippen LogP) is 3.73. The van der Waals surface area contributed by atoms with E-state index < -0.39 is 0 Å². The van der Waals surface area contributed by atoms with E-state index in [0.717, 1.165) is 44.5 Å². The lowest BCUT2D eigenvalue weighted by atomic mass is 10.1. The first-order chi connectivity index (χ1) is 8.65. The van der Waals surface area contributed by atoms with E-state index in [4.69, 9.17) is 21.4 Å². The molecule has 4 heteroatoms. The molecule has 1 atom stereocenters. The first-order valence-corrected chi connectivity index (χ1v) is 7.30. The fourth-order valence-electron chi connectivity index (χ4n) is 2.35. The number of hydrogen-bond acceptors (Lipinski definition) is 2. The van der Waals surface area contributed by atoms with Crippen LogP contribution in [0.1, 0.15) is 55.9 Å². The summed E-state index contributed by atoms with van der Waals surface area (Å²) in [4.78, 5) is 0. The Kier molecular flexibility index (Phi) is 6.72. The van der Waals surface area contributed by atoms with Crippen molar-refractivity contribution in [1.29, 1.82) is 0 Å². The largest absolute Gasteiger partial charge is 0.385 e. The van der Waals surface area contributed by atoms with E-state index in [-0.39, 0.29) is 5.38 Å². The molecule has 0 spiro atoms. The second kappa shape index (κ2) is 7.80. The zero-order chi connectivity index (χ0) is 13.5. The third-order valence-corrected chi connectivity index (χ3v) is 3.43. The van der Waals surface area contributed by atoms with Crippen LogP contribution in [0.5, 0.6) is 0 Å². The average Bonchev–Trinajstić information content (AvgIpc) is 2.72. The van der Waals surface area contributed by atoms with E-state index in [1.807, 2.05) is 6.92 Å². The molecule has 0 aliphatic heterocycles. The number of ether oxygens (including phenoxy) is 1. The normalized spacial score (nSPS) is 12.9. The van der Waals surface area contributed by atoms with Gasteiger partial charge in [0.1, 0.15) is 0 Å². The van der Waals surface area contributed by atoms with Gasteiger partial charge in [0.25, 0.3) is 0 Å². The molecule has 1 rings (SSSR count). The van der Waals surface area contributed by atoms with Crippen molar-refractivity contribution in [2.45, 2.75) is 58.4 Å². The van der Waals surface area contributed by atoms with E-state index in [9.17, 15) is 0 Å². The van der Waals surface area contributed by atoms with Gasteiger partial charge in [-0.05, 0) is 32.6 Å². The Bertz CT molecular complexity index is 361. The van der Waals surface area contributed by atoms with Gasteiger partial charge in [-0.3, -0.25) is 4.68 Å². The van der Waals surface area contributed by atoms with Crippen LogP contribution in [0.3, 0.4) is 0 Å². The van der Waals surface area contributed by atoms with Crippen LogP contribution in [0.2, 0.25) is 0 Å². The minimum atomic E-state index is 0.0441. The standard InChI is InChI=1S/C14H25ClN2O/c1-5-12-14(11(3)15)13(6-2)17(16-12)9-7-8-10-18-4/h11H,5-10H2,1-4H3. The smallest absolute Gasteiger partial charge is 0.0671 e. The number of aromatic nitrogens is 2. The quantitative estimate of drug-likeness (QED) is 0.533. The lowest BCUT2D eigenvalue weighted by Gasteiger charge is -2.09. The highest BCUT2D eigenvalue weighted by molar-refractivity contribution is 6.20. The van der Waals surface area contributed by atoms with Crippen LogP contribution in [0.4, 0.5) is 0 Å². The average molecular weight is 273 g/mol. The van der Waals surface area contributed by atoms with E-state index in [0.29, 0.717) is 0 Å². The van der Waals surface area contributed by atoms with Gasteiger partial charge in [-0.25, -0.2) is 0 Å². The Balaban J connectivity index is 2.83. The van der Waals surface area contributed by atoms with Crippen molar-refractivity contribution in [2.24, 2.45) is 0 Å². The summed E-state index contributed by atoms with van der Waals surface area (Å²) >= 11 is 6.29. The Labute approximate surface area is 115 Å². The lowest BCUT2D eigenvalue weighted by Crippen LogP contribution is -2.06. The summed E-state index contributed by atoms with van der Waals surface area (Å²) in [7, 11) is 1.74. The number of nitrogens with zero attached hydrogens (tertiary/aromatic N) is 2. The van der Waals surface area contributed by atoms with Crippen LogP contribution in [0, 0.1) is 0 Å². The van der Waals surface area contributed by atoms with Crippen LogP contribution in [-0.2, 0) is 24.1 Å². The molecular formula is C14H25ClN2O. The summed E-state index contributed by atoms with van der Waals surface area (Å²) in [6, 6.07) is 0. The van der Waals surface area contributed by atoms with Crippen LogP contribution in [0.25, 0.3) is 0 Å². The molecule has 0 saturated carbocycles. The fraction of sp³-hybridized carbons (Fsp3) is 0.786. The van der Waals surface area contributed by atoms with Crippen molar-refractivity contribution in [3.63, 3.8) is 0 Å². The van der Waals surface area contributed by atoms with Crippen molar-refractivity contribution in [3.05, 3.63) is 17.0 Å². The molecule has 0 saturated heterocycles. The third kappa shape index (κ3) is 3.72. The van der Waals surface area contributed by atoms with Crippen LogP contribution >= 0.6 is 11.6 Å². The van der Waals surface area contributed by atoms with Crippen LogP contribution < -0.4 is 0 Å². The van der Waals surface area contributed by atoms with Gasteiger partial charge in [-0.1, -0.05) is 13.8 Å². The number of methoxy groups -OCH3 is 1. The molecule has 1 heterocycles. The van der Waals surface area contributed by atoms with Crippen molar-refractivity contribution < 1.29 is 4.74 Å². The number of halogens is 1. The molecular weight excluding hydrogens is 248 g/mol. The summed E-state index contributed by atoms with van der Waals surface area (Å²) < 4.78 is 7.22. The SMILES string of the molecule is CCc1nn(CCCCOC)c(CC)c1C(C)Cl. The minimum Gasteiger partial charge on any atom is -0.385 e. The third-order valence-electron chi connectivity index (χ3n) is 3.21. The van der Waals surface area contributed by atoms with Crippen LogP contribution in [0.15, 0.2) is 0 Å². The highest BCUT2D eigenvalue weighted by atomic mass is 35.5. The van der Waals surface area contributed by atoms with Crippen molar-refractivity contribution in [1.82, 2.24) is 9.78 Å². The number of aryl methyl sites for hydroxylation is 2. The van der Waals surface area contributed by atoms with Gasteiger partial charge in [0.15, 0.2) is 0 Å². The van der Waals surface area contributed by atoms with Gasteiger partial charge in [0, 0.05) is 31.5 Å². The molecule has 0 fully saturated rings. The maximum absolute atomic E-state index is 6.29. The van der Waals surface area contributed by atoms with Gasteiger partial charge in [-0.15, -0.1) is 11.6 Å². The van der Waals surface area contributed by atoms with Crippen molar-refractivity contribution in [3.8, 4) is 0 Å². The number of unbranched alkanes of at least 4 members (excludes halogenated alkanes) is 1. The molecule has 0 radical (unpaired) electrons. The molecule has 1 unspecified atom stereocenters. The van der Waals surface area contributed by atoms with E-state index in [1.165, 1.54) is 11.3 Å². The zero-order valence-electron chi connectivity index (χ0n) is 12.0. The number of rotatable bonds is 8. The minimum absolute atomic E-state index is 0.0441. The lowest BCUT2D eigenvalue weighted by molar-refractivity contribution is 0.191. The molecule has 0 aliphatic carbocycles. The topological polar surface area (TPSA) is 27.1 Å². The molecule has 0 aliphatic rings. The summed E-state index contributed by atoms with van der Waals surface area (Å²) in [5.41, 5.74) is 3.70. The van der Waals surface area contributed by atoms with Gasteiger partial charge in [0.05, 0.1) is 11.1 Å². The van der Waals surface area contributed by atoms with Crippen molar-refractivity contribution in [2.75, 3.05) is 13.7 Å². The first kappa shape index (κ1) is 15.5. The van der Waals surface area contributed by atoms with E-state index >= 15 is 0 Å². The van der Waals surface area contributed by atoms with Gasteiger partial charge in [-0.2, -0.15) is 5.10 Å². The number of alkyl halides is 1. The molecule has 18 heavy (non-hydrogen) atoms. The zero-order valence-corrected chi connectivity index (χ0v) is 12.8.